The van der Waals surface area contributed by atoms with Crippen molar-refractivity contribution in [2.24, 2.45) is 0 Å². The Hall–Kier alpha value is -3.27. The molecule has 202 valence electrons. The third-order valence-corrected chi connectivity index (χ3v) is 7.83. The van der Waals surface area contributed by atoms with E-state index in [2.05, 4.69) is 5.32 Å². The smallest absolute Gasteiger partial charge is 0.244 e. The van der Waals surface area contributed by atoms with Crippen molar-refractivity contribution in [1.82, 2.24) is 10.2 Å². The predicted octanol–water partition coefficient (Wildman–Crippen LogP) is 2.99. The zero-order valence-electron chi connectivity index (χ0n) is 22.0. The van der Waals surface area contributed by atoms with Gasteiger partial charge in [0.05, 0.1) is 26.2 Å². The molecule has 0 radical (unpaired) electrons. The van der Waals surface area contributed by atoms with Crippen LogP contribution in [0.1, 0.15) is 38.2 Å². The van der Waals surface area contributed by atoms with Crippen LogP contribution in [0, 0.1) is 0 Å². The molecule has 2 amide bonds. The SMILES string of the molecule is COc1ccc(N(CC(=O)N(CCc2ccccc2)[C@@H](C)C(=O)NC2CCCC2)S(C)(=O)=O)cc1OC. The number of benzene rings is 2. The maximum absolute atomic E-state index is 13.6. The molecule has 0 spiro atoms. The summed E-state index contributed by atoms with van der Waals surface area (Å²) < 4.78 is 37.1. The standard InChI is InChI=1S/C27H37N3O6S/c1-20(27(32)28-22-12-8-9-13-22)29(17-16-21-10-6-5-7-11-21)26(31)19-30(37(4,33)34)23-14-15-24(35-2)25(18-23)36-3/h5-7,10-11,14-15,18,20,22H,8-9,12-13,16-17,19H2,1-4H3,(H,28,32)/t20-/m0/s1. The van der Waals surface area contributed by atoms with E-state index in [9.17, 15) is 18.0 Å². The number of sulfonamides is 1. The minimum absolute atomic E-state index is 0.111. The van der Waals surface area contributed by atoms with E-state index in [0.717, 1.165) is 41.8 Å². The molecule has 3 rings (SSSR count). The van der Waals surface area contributed by atoms with Crippen LogP contribution in [0.15, 0.2) is 48.5 Å². The van der Waals surface area contributed by atoms with Crippen LogP contribution in [-0.4, -0.2) is 70.8 Å². The summed E-state index contributed by atoms with van der Waals surface area (Å²) >= 11 is 0. The first-order chi connectivity index (χ1) is 17.6. The maximum atomic E-state index is 13.6. The van der Waals surface area contributed by atoms with Crippen molar-refractivity contribution < 1.29 is 27.5 Å². The van der Waals surface area contributed by atoms with Gasteiger partial charge in [-0.3, -0.25) is 13.9 Å². The highest BCUT2D eigenvalue weighted by Gasteiger charge is 2.31. The number of carbonyl (C=O) groups excluding carboxylic acids is 2. The lowest BCUT2D eigenvalue weighted by molar-refractivity contribution is -0.139. The molecule has 1 aliphatic carbocycles. The van der Waals surface area contributed by atoms with Gasteiger partial charge in [-0.05, 0) is 43.9 Å². The minimum atomic E-state index is -3.83. The number of ether oxygens (including phenoxy) is 2. The molecule has 1 atom stereocenters. The molecular weight excluding hydrogens is 494 g/mol. The van der Waals surface area contributed by atoms with Gasteiger partial charge in [0.15, 0.2) is 11.5 Å². The fourth-order valence-electron chi connectivity index (χ4n) is 4.56. The molecule has 1 fully saturated rings. The van der Waals surface area contributed by atoms with Gasteiger partial charge >= 0.3 is 0 Å². The van der Waals surface area contributed by atoms with Gasteiger partial charge in [-0.25, -0.2) is 8.42 Å². The molecule has 0 aliphatic heterocycles. The van der Waals surface area contributed by atoms with E-state index in [1.807, 2.05) is 30.3 Å². The Morgan fingerprint density at radius 2 is 1.68 bits per heavy atom. The molecule has 0 bridgehead atoms. The van der Waals surface area contributed by atoms with E-state index in [1.54, 1.807) is 19.1 Å². The second-order valence-corrected chi connectivity index (χ2v) is 11.2. The van der Waals surface area contributed by atoms with Gasteiger partial charge in [-0.2, -0.15) is 0 Å². The quantitative estimate of drug-likeness (QED) is 0.452. The van der Waals surface area contributed by atoms with Crippen LogP contribution in [0.2, 0.25) is 0 Å². The normalized spacial score (nSPS) is 14.6. The van der Waals surface area contributed by atoms with E-state index < -0.39 is 28.5 Å². The lowest BCUT2D eigenvalue weighted by Crippen LogP contribution is -2.53. The molecule has 1 aliphatic rings. The Labute approximate surface area is 219 Å². The molecule has 0 heterocycles. The zero-order valence-corrected chi connectivity index (χ0v) is 22.8. The summed E-state index contributed by atoms with van der Waals surface area (Å²) in [4.78, 5) is 28.2. The fourth-order valence-corrected chi connectivity index (χ4v) is 5.40. The number of amides is 2. The molecule has 0 saturated heterocycles. The Morgan fingerprint density at radius 3 is 2.27 bits per heavy atom. The average Bonchev–Trinajstić information content (AvgIpc) is 3.39. The largest absolute Gasteiger partial charge is 0.493 e. The molecule has 37 heavy (non-hydrogen) atoms. The lowest BCUT2D eigenvalue weighted by atomic mass is 10.1. The first kappa shape index (κ1) is 28.3. The van der Waals surface area contributed by atoms with E-state index in [1.165, 1.54) is 25.2 Å². The van der Waals surface area contributed by atoms with Crippen LogP contribution >= 0.6 is 0 Å². The third-order valence-electron chi connectivity index (χ3n) is 6.69. The second-order valence-electron chi connectivity index (χ2n) is 9.30. The molecule has 2 aromatic carbocycles. The number of rotatable bonds is 12. The number of carbonyl (C=O) groups is 2. The van der Waals surface area contributed by atoms with Crippen LogP contribution in [0.3, 0.4) is 0 Å². The molecular formula is C27H37N3O6S. The highest BCUT2D eigenvalue weighted by atomic mass is 32.2. The van der Waals surface area contributed by atoms with Crippen LogP contribution < -0.4 is 19.1 Å². The topological polar surface area (TPSA) is 105 Å². The summed E-state index contributed by atoms with van der Waals surface area (Å²) in [6, 6.07) is 13.7. The van der Waals surface area contributed by atoms with Gasteiger partial charge < -0.3 is 19.7 Å². The molecule has 1 N–H and O–H groups in total. The summed E-state index contributed by atoms with van der Waals surface area (Å²) in [6.45, 7) is 1.50. The Bertz CT molecular complexity index is 1170. The third kappa shape index (κ3) is 7.61. The molecule has 9 nitrogen and oxygen atoms in total. The van der Waals surface area contributed by atoms with Crippen molar-refractivity contribution in [2.75, 3.05) is 37.9 Å². The average molecular weight is 532 g/mol. The van der Waals surface area contributed by atoms with E-state index in [-0.39, 0.29) is 24.2 Å². The number of hydrogen-bond acceptors (Lipinski definition) is 6. The predicted molar refractivity (Wildman–Crippen MR) is 143 cm³/mol. The van der Waals surface area contributed by atoms with Gasteiger partial charge in [-0.1, -0.05) is 43.2 Å². The van der Waals surface area contributed by atoms with Gasteiger partial charge in [-0.15, -0.1) is 0 Å². The summed E-state index contributed by atoms with van der Waals surface area (Å²) in [7, 11) is -0.898. The number of hydrogen-bond donors (Lipinski definition) is 1. The van der Waals surface area contributed by atoms with Crippen LogP contribution in [0.4, 0.5) is 5.69 Å². The molecule has 0 unspecified atom stereocenters. The fraction of sp³-hybridized carbons (Fsp3) is 0.481. The van der Waals surface area contributed by atoms with E-state index in [0.29, 0.717) is 17.9 Å². The van der Waals surface area contributed by atoms with Crippen molar-refractivity contribution in [3.8, 4) is 11.5 Å². The summed E-state index contributed by atoms with van der Waals surface area (Å²) in [5, 5.41) is 3.06. The van der Waals surface area contributed by atoms with Crippen LogP contribution in [-0.2, 0) is 26.0 Å². The number of methoxy groups -OCH3 is 2. The van der Waals surface area contributed by atoms with Crippen molar-refractivity contribution in [1.29, 1.82) is 0 Å². The Balaban J connectivity index is 1.86. The Kier molecular flexibility index (Phi) is 9.79. The first-order valence-electron chi connectivity index (χ1n) is 12.5. The second kappa shape index (κ2) is 12.8. The summed E-state index contributed by atoms with van der Waals surface area (Å²) in [5.74, 6) is 0.0783. The van der Waals surface area contributed by atoms with Crippen LogP contribution in [0.5, 0.6) is 11.5 Å². The van der Waals surface area contributed by atoms with Crippen molar-refractivity contribution in [3.63, 3.8) is 0 Å². The Morgan fingerprint density at radius 1 is 1.03 bits per heavy atom. The van der Waals surface area contributed by atoms with Gasteiger partial charge in [0, 0.05) is 18.7 Å². The highest BCUT2D eigenvalue weighted by Crippen LogP contribution is 2.32. The van der Waals surface area contributed by atoms with E-state index in [4.69, 9.17) is 9.47 Å². The monoisotopic (exact) mass is 531 g/mol. The molecule has 10 heteroatoms. The molecule has 2 aromatic rings. The minimum Gasteiger partial charge on any atom is -0.493 e. The van der Waals surface area contributed by atoms with Crippen molar-refractivity contribution >= 4 is 27.5 Å². The maximum Gasteiger partial charge on any atom is 0.244 e. The number of anilines is 1. The number of nitrogens with one attached hydrogen (secondary N) is 1. The van der Waals surface area contributed by atoms with E-state index >= 15 is 0 Å². The summed E-state index contributed by atoms with van der Waals surface area (Å²) in [5.41, 5.74) is 1.28. The van der Waals surface area contributed by atoms with Crippen LogP contribution in [0.25, 0.3) is 0 Å². The highest BCUT2D eigenvalue weighted by molar-refractivity contribution is 7.92. The zero-order chi connectivity index (χ0) is 27.0. The first-order valence-corrected chi connectivity index (χ1v) is 14.3. The molecule has 0 aromatic heterocycles. The summed E-state index contributed by atoms with van der Waals surface area (Å²) in [6.07, 6.45) is 5.58. The van der Waals surface area contributed by atoms with Gasteiger partial charge in [0.25, 0.3) is 0 Å². The van der Waals surface area contributed by atoms with Crippen molar-refractivity contribution in [2.45, 2.75) is 51.1 Å². The van der Waals surface area contributed by atoms with Gasteiger partial charge in [0.1, 0.15) is 12.6 Å². The number of nitrogens with zero attached hydrogens (tertiary/aromatic N) is 2. The van der Waals surface area contributed by atoms with Crippen molar-refractivity contribution in [3.05, 3.63) is 54.1 Å². The van der Waals surface area contributed by atoms with Gasteiger partial charge in [0.2, 0.25) is 21.8 Å². The molecule has 1 saturated carbocycles. The lowest BCUT2D eigenvalue weighted by Gasteiger charge is -2.32.